The molecule has 1 saturated carbocycles. The van der Waals surface area contributed by atoms with Gasteiger partial charge >= 0.3 is 0 Å². The Bertz CT molecular complexity index is 599. The molecule has 1 aromatic carbocycles. The van der Waals surface area contributed by atoms with Crippen molar-refractivity contribution in [1.82, 2.24) is 9.88 Å². The standard InChI is InChI=1S/C16H21N3O/c17-16(20)11-19(13-5-1-2-6-13)10-12-4-3-7-15-14(12)8-9-18-15/h3-4,7-9,13,18H,1-2,5-6,10-11H2,(H2,17,20). The number of nitrogens with two attached hydrogens (primary N) is 1. The molecule has 0 unspecified atom stereocenters. The van der Waals surface area contributed by atoms with E-state index < -0.39 is 0 Å². The van der Waals surface area contributed by atoms with Gasteiger partial charge in [-0.05, 0) is 30.5 Å². The lowest BCUT2D eigenvalue weighted by Gasteiger charge is -2.27. The van der Waals surface area contributed by atoms with E-state index >= 15 is 0 Å². The Labute approximate surface area is 118 Å². The monoisotopic (exact) mass is 271 g/mol. The van der Waals surface area contributed by atoms with Crippen LogP contribution in [0.5, 0.6) is 0 Å². The summed E-state index contributed by atoms with van der Waals surface area (Å²) < 4.78 is 0. The molecule has 0 bridgehead atoms. The number of rotatable bonds is 5. The number of hydrogen-bond acceptors (Lipinski definition) is 2. The quantitative estimate of drug-likeness (QED) is 0.877. The van der Waals surface area contributed by atoms with Crippen LogP contribution >= 0.6 is 0 Å². The summed E-state index contributed by atoms with van der Waals surface area (Å²) in [7, 11) is 0. The van der Waals surface area contributed by atoms with Gasteiger partial charge in [-0.15, -0.1) is 0 Å². The number of carbonyl (C=O) groups is 1. The zero-order valence-electron chi connectivity index (χ0n) is 11.6. The van der Waals surface area contributed by atoms with E-state index in [1.807, 2.05) is 6.20 Å². The van der Waals surface area contributed by atoms with Crippen LogP contribution in [0.25, 0.3) is 10.9 Å². The number of primary amides is 1. The van der Waals surface area contributed by atoms with Crippen molar-refractivity contribution in [1.29, 1.82) is 0 Å². The van der Waals surface area contributed by atoms with Gasteiger partial charge in [0.15, 0.2) is 0 Å². The molecule has 0 radical (unpaired) electrons. The van der Waals surface area contributed by atoms with Gasteiger partial charge in [-0.25, -0.2) is 0 Å². The van der Waals surface area contributed by atoms with Gasteiger partial charge in [0.1, 0.15) is 0 Å². The molecule has 0 aliphatic heterocycles. The Balaban J connectivity index is 1.84. The van der Waals surface area contributed by atoms with Crippen LogP contribution in [0.1, 0.15) is 31.2 Å². The first-order valence-corrected chi connectivity index (χ1v) is 7.31. The molecule has 0 spiro atoms. The van der Waals surface area contributed by atoms with Crippen molar-refractivity contribution in [2.24, 2.45) is 5.73 Å². The van der Waals surface area contributed by atoms with Gasteiger partial charge in [-0.3, -0.25) is 9.69 Å². The molecule has 1 aliphatic carbocycles. The SMILES string of the molecule is NC(=O)CN(Cc1cccc2[nH]ccc12)C1CCCC1. The molecule has 20 heavy (non-hydrogen) atoms. The molecular weight excluding hydrogens is 250 g/mol. The van der Waals surface area contributed by atoms with Gasteiger partial charge in [-0.1, -0.05) is 25.0 Å². The van der Waals surface area contributed by atoms with E-state index in [-0.39, 0.29) is 5.91 Å². The van der Waals surface area contributed by atoms with E-state index in [4.69, 9.17) is 5.73 Å². The molecule has 4 nitrogen and oxygen atoms in total. The number of aromatic nitrogens is 1. The summed E-state index contributed by atoms with van der Waals surface area (Å²) in [6, 6.07) is 8.87. The molecule has 0 saturated heterocycles. The second-order valence-electron chi connectivity index (χ2n) is 5.67. The molecule has 0 atom stereocenters. The first kappa shape index (κ1) is 13.2. The minimum Gasteiger partial charge on any atom is -0.369 e. The van der Waals surface area contributed by atoms with Crippen LogP contribution in [-0.4, -0.2) is 28.4 Å². The lowest BCUT2D eigenvalue weighted by molar-refractivity contribution is -0.119. The smallest absolute Gasteiger partial charge is 0.231 e. The van der Waals surface area contributed by atoms with Crippen molar-refractivity contribution in [2.75, 3.05) is 6.54 Å². The molecule has 1 fully saturated rings. The van der Waals surface area contributed by atoms with Crippen LogP contribution in [-0.2, 0) is 11.3 Å². The predicted molar refractivity (Wildman–Crippen MR) is 80.2 cm³/mol. The summed E-state index contributed by atoms with van der Waals surface area (Å²) in [4.78, 5) is 16.8. The van der Waals surface area contributed by atoms with Crippen LogP contribution in [0.2, 0.25) is 0 Å². The van der Waals surface area contributed by atoms with E-state index in [9.17, 15) is 4.79 Å². The molecule has 2 aromatic rings. The summed E-state index contributed by atoms with van der Waals surface area (Å²) in [5.41, 5.74) is 7.83. The number of nitrogens with one attached hydrogen (secondary N) is 1. The predicted octanol–water partition coefficient (Wildman–Crippen LogP) is 2.40. The van der Waals surface area contributed by atoms with Crippen LogP contribution in [0.15, 0.2) is 30.5 Å². The largest absolute Gasteiger partial charge is 0.369 e. The molecule has 1 aromatic heterocycles. The summed E-state index contributed by atoms with van der Waals surface area (Å²) in [6.45, 7) is 1.15. The number of aromatic amines is 1. The Morgan fingerprint density at radius 2 is 2.10 bits per heavy atom. The van der Waals surface area contributed by atoms with Crippen molar-refractivity contribution < 1.29 is 4.79 Å². The first-order chi connectivity index (χ1) is 9.74. The van der Waals surface area contributed by atoms with Crippen LogP contribution in [0, 0.1) is 0 Å². The number of hydrogen-bond donors (Lipinski definition) is 2. The molecule has 3 N–H and O–H groups in total. The summed E-state index contributed by atoms with van der Waals surface area (Å²) in [5.74, 6) is -0.238. The second kappa shape index (κ2) is 5.67. The van der Waals surface area contributed by atoms with E-state index in [0.29, 0.717) is 12.6 Å². The van der Waals surface area contributed by atoms with Crippen LogP contribution in [0.3, 0.4) is 0 Å². The number of carbonyl (C=O) groups excluding carboxylic acids is 1. The van der Waals surface area contributed by atoms with Crippen LogP contribution in [0.4, 0.5) is 0 Å². The van der Waals surface area contributed by atoms with Crippen molar-refractivity contribution >= 4 is 16.8 Å². The third-order valence-electron chi connectivity index (χ3n) is 4.26. The minimum absolute atomic E-state index is 0.238. The molecule has 1 aliphatic rings. The minimum atomic E-state index is -0.238. The van der Waals surface area contributed by atoms with Gasteiger partial charge in [0.25, 0.3) is 0 Å². The highest BCUT2D eigenvalue weighted by molar-refractivity contribution is 5.83. The zero-order chi connectivity index (χ0) is 13.9. The van der Waals surface area contributed by atoms with Crippen molar-refractivity contribution in [3.63, 3.8) is 0 Å². The molecule has 106 valence electrons. The highest BCUT2D eigenvalue weighted by Gasteiger charge is 2.24. The molecule has 3 rings (SSSR count). The molecule has 4 heteroatoms. The Kier molecular flexibility index (Phi) is 3.74. The Hall–Kier alpha value is -1.81. The Morgan fingerprint density at radius 1 is 1.30 bits per heavy atom. The fourth-order valence-electron chi connectivity index (χ4n) is 3.29. The first-order valence-electron chi connectivity index (χ1n) is 7.31. The maximum absolute atomic E-state index is 11.3. The van der Waals surface area contributed by atoms with Gasteiger partial charge in [0.05, 0.1) is 6.54 Å². The highest BCUT2D eigenvalue weighted by atomic mass is 16.1. The van der Waals surface area contributed by atoms with Gasteiger partial charge < -0.3 is 10.7 Å². The lowest BCUT2D eigenvalue weighted by atomic mass is 10.1. The highest BCUT2D eigenvalue weighted by Crippen LogP contribution is 2.26. The van der Waals surface area contributed by atoms with Gasteiger partial charge in [0, 0.05) is 29.7 Å². The average molecular weight is 271 g/mol. The lowest BCUT2D eigenvalue weighted by Crippen LogP contribution is -2.39. The van der Waals surface area contributed by atoms with Crippen molar-refractivity contribution in [3.05, 3.63) is 36.0 Å². The Morgan fingerprint density at radius 3 is 2.85 bits per heavy atom. The third-order valence-corrected chi connectivity index (χ3v) is 4.26. The maximum Gasteiger partial charge on any atom is 0.231 e. The second-order valence-corrected chi connectivity index (χ2v) is 5.67. The fourth-order valence-corrected chi connectivity index (χ4v) is 3.29. The van der Waals surface area contributed by atoms with Crippen molar-refractivity contribution in [3.8, 4) is 0 Å². The molecular formula is C16H21N3O. The molecule has 1 heterocycles. The van der Waals surface area contributed by atoms with E-state index in [1.54, 1.807) is 0 Å². The van der Waals surface area contributed by atoms with Crippen molar-refractivity contribution in [2.45, 2.75) is 38.3 Å². The van der Waals surface area contributed by atoms with E-state index in [1.165, 1.54) is 36.6 Å². The number of nitrogens with zero attached hydrogens (tertiary/aromatic N) is 1. The number of H-pyrrole nitrogens is 1. The fraction of sp³-hybridized carbons (Fsp3) is 0.438. The molecule has 1 amide bonds. The third kappa shape index (κ3) is 2.70. The average Bonchev–Trinajstić information content (AvgIpc) is 3.09. The normalized spacial score (nSPS) is 16.2. The topological polar surface area (TPSA) is 62.1 Å². The number of benzene rings is 1. The summed E-state index contributed by atoms with van der Waals surface area (Å²) in [5, 5.41) is 1.24. The van der Waals surface area contributed by atoms with E-state index in [0.717, 1.165) is 12.1 Å². The summed E-state index contributed by atoms with van der Waals surface area (Å²) in [6.07, 6.45) is 6.83. The van der Waals surface area contributed by atoms with E-state index in [2.05, 4.69) is 34.1 Å². The number of fused-ring (bicyclic) bond motifs is 1. The number of amides is 1. The van der Waals surface area contributed by atoms with Crippen LogP contribution < -0.4 is 5.73 Å². The zero-order valence-corrected chi connectivity index (χ0v) is 11.6. The summed E-state index contributed by atoms with van der Waals surface area (Å²) >= 11 is 0. The van der Waals surface area contributed by atoms with Gasteiger partial charge in [0.2, 0.25) is 5.91 Å². The maximum atomic E-state index is 11.3. The van der Waals surface area contributed by atoms with Gasteiger partial charge in [-0.2, -0.15) is 0 Å².